The van der Waals surface area contributed by atoms with E-state index in [0.29, 0.717) is 31.2 Å². The fourth-order valence-electron chi connectivity index (χ4n) is 13.1. The molecule has 3 saturated heterocycles. The predicted molar refractivity (Wildman–Crippen MR) is 204 cm³/mol. The Balaban J connectivity index is 1.02. The first kappa shape index (κ1) is 42.2. The summed E-state index contributed by atoms with van der Waals surface area (Å²) in [5.74, 6) is -1.51. The average Bonchev–Trinajstić information content (AvgIpc) is 3.74. The normalized spacial score (nSPS) is 49.4. The molecule has 19 atom stereocenters. The minimum Gasteiger partial charge on any atom is -0.458 e. The average molecular weight is 815 g/mol. The summed E-state index contributed by atoms with van der Waals surface area (Å²) in [6.45, 7) is 10.9. The molecule has 3 aliphatic heterocycles. The smallest absolute Gasteiger partial charge is 0.338 e. The number of methoxy groups -OCH3 is 2. The third-order valence-corrected chi connectivity index (χ3v) is 15.8. The minimum absolute atomic E-state index is 0.0215. The number of ether oxygens (including phenoxy) is 9. The molecule has 14 nitrogen and oxygen atoms in total. The number of epoxide rings is 1. The van der Waals surface area contributed by atoms with Crippen LogP contribution in [0.4, 0.5) is 0 Å². The van der Waals surface area contributed by atoms with Crippen molar-refractivity contribution in [2.45, 2.75) is 178 Å². The first-order chi connectivity index (χ1) is 27.5. The highest BCUT2D eigenvalue weighted by Crippen LogP contribution is 2.81. The van der Waals surface area contributed by atoms with E-state index >= 15 is 0 Å². The molecule has 0 bridgehead atoms. The molecule has 8 rings (SSSR count). The first-order valence-electron chi connectivity index (χ1n) is 21.2. The van der Waals surface area contributed by atoms with Gasteiger partial charge in [-0.25, -0.2) is 4.79 Å². The number of rotatable bonds is 10. The molecular formula is C44H62O14. The Hall–Kier alpha value is -2.53. The molecular weight excluding hydrogens is 752 g/mol. The summed E-state index contributed by atoms with van der Waals surface area (Å²) in [7, 11) is 3.04. The van der Waals surface area contributed by atoms with Gasteiger partial charge in [0.2, 0.25) is 0 Å². The van der Waals surface area contributed by atoms with Crippen molar-refractivity contribution >= 4 is 17.7 Å². The van der Waals surface area contributed by atoms with Gasteiger partial charge in [0.15, 0.2) is 12.6 Å². The van der Waals surface area contributed by atoms with Gasteiger partial charge in [0.05, 0.1) is 30.0 Å². The van der Waals surface area contributed by atoms with E-state index in [1.807, 2.05) is 19.9 Å². The lowest BCUT2D eigenvalue weighted by atomic mass is 9.43. The van der Waals surface area contributed by atoms with Crippen molar-refractivity contribution in [1.82, 2.24) is 0 Å². The lowest BCUT2D eigenvalue weighted by Gasteiger charge is -2.61. The van der Waals surface area contributed by atoms with Gasteiger partial charge in [-0.3, -0.25) is 9.59 Å². The van der Waals surface area contributed by atoms with Gasteiger partial charge < -0.3 is 52.8 Å². The van der Waals surface area contributed by atoms with Crippen molar-refractivity contribution in [3.8, 4) is 0 Å². The highest BCUT2D eigenvalue weighted by Gasteiger charge is 2.91. The summed E-state index contributed by atoms with van der Waals surface area (Å²) in [4.78, 5) is 40.3. The Morgan fingerprint density at radius 1 is 0.793 bits per heavy atom. The summed E-state index contributed by atoms with van der Waals surface area (Å²) in [6, 6.07) is 8.86. The molecule has 2 spiro atoms. The predicted octanol–water partition coefficient (Wildman–Crippen LogP) is 4.29. The molecule has 58 heavy (non-hydrogen) atoms. The third kappa shape index (κ3) is 6.42. The zero-order valence-corrected chi connectivity index (χ0v) is 35.0. The van der Waals surface area contributed by atoms with Crippen molar-refractivity contribution in [3.05, 3.63) is 35.9 Å². The summed E-state index contributed by atoms with van der Waals surface area (Å²) in [5.41, 5.74) is -2.18. The van der Waals surface area contributed by atoms with E-state index in [1.165, 1.54) is 14.0 Å². The quantitative estimate of drug-likeness (QED) is 0.194. The van der Waals surface area contributed by atoms with Gasteiger partial charge in [-0.2, -0.15) is 0 Å². The van der Waals surface area contributed by atoms with Crippen LogP contribution < -0.4 is 0 Å². The summed E-state index contributed by atoms with van der Waals surface area (Å²) >= 11 is 0. The van der Waals surface area contributed by atoms with Gasteiger partial charge in [-0.05, 0) is 89.2 Å². The molecule has 0 radical (unpaired) electrons. The second kappa shape index (κ2) is 15.4. The van der Waals surface area contributed by atoms with Gasteiger partial charge in [0, 0.05) is 44.8 Å². The van der Waals surface area contributed by atoms with Crippen molar-refractivity contribution < 1.29 is 67.2 Å². The molecule has 4 aliphatic carbocycles. The lowest BCUT2D eigenvalue weighted by molar-refractivity contribution is -0.343. The number of fused-ring (bicyclic) bond motifs is 2. The Morgan fingerprint density at radius 2 is 1.53 bits per heavy atom. The second-order valence-corrected chi connectivity index (χ2v) is 18.6. The van der Waals surface area contributed by atoms with E-state index in [9.17, 15) is 24.6 Å². The monoisotopic (exact) mass is 814 g/mol. The van der Waals surface area contributed by atoms with Crippen LogP contribution in [0.15, 0.2) is 30.3 Å². The van der Waals surface area contributed by atoms with E-state index in [1.54, 1.807) is 45.2 Å². The molecule has 0 unspecified atom stereocenters. The molecule has 1 aromatic rings. The van der Waals surface area contributed by atoms with E-state index in [-0.39, 0.29) is 29.1 Å². The van der Waals surface area contributed by atoms with Crippen molar-refractivity contribution in [3.63, 3.8) is 0 Å². The second-order valence-electron chi connectivity index (χ2n) is 18.6. The van der Waals surface area contributed by atoms with Crippen LogP contribution in [0.3, 0.4) is 0 Å². The maximum atomic E-state index is 14.0. The molecule has 7 fully saturated rings. The molecule has 2 N–H and O–H groups in total. The number of ketones is 1. The summed E-state index contributed by atoms with van der Waals surface area (Å²) in [6.07, 6.45) is -3.22. The zero-order chi connectivity index (χ0) is 41.5. The highest BCUT2D eigenvalue weighted by atomic mass is 16.7. The summed E-state index contributed by atoms with van der Waals surface area (Å²) in [5, 5.41) is 21.4. The first-order valence-corrected chi connectivity index (χ1v) is 21.2. The van der Waals surface area contributed by atoms with Gasteiger partial charge in [0.25, 0.3) is 0 Å². The number of carbonyl (C=O) groups is 3. The molecule has 322 valence electrons. The maximum Gasteiger partial charge on any atom is 0.338 e. The largest absolute Gasteiger partial charge is 0.458 e. The Labute approximate surface area is 340 Å². The number of Topliss-reactive ketones (excluding diaryl/α,β-unsaturated/α-hetero) is 1. The standard InChI is InChI=1S/C44H62O14/c1-22(45)29-16-19-44-42(29,6)38(54-25(4)46)36(56-39(49)26-12-10-9-11-13-26)37-41(5)17-15-28(20-27(41)14-18-43(37,44)58-44)55-31-21-30(50-7)34(24(3)52-31)57-40-33(48)35(51-8)32(47)23(2)53-40/h9-13,23-24,27-38,40,47-48H,14-21H2,1-8H3/t23-,24-,27+,28+,29-,30-,31+,32-,33-,34-,35-,36+,37-,38-,40+,41+,42+,43+,44-/m1/s1. The van der Waals surface area contributed by atoms with Crippen LogP contribution in [0.5, 0.6) is 0 Å². The Bertz CT molecular complexity index is 1710. The summed E-state index contributed by atoms with van der Waals surface area (Å²) < 4.78 is 56.6. The third-order valence-electron chi connectivity index (χ3n) is 15.8. The molecule has 1 aromatic carbocycles. The van der Waals surface area contributed by atoms with Gasteiger partial charge >= 0.3 is 11.9 Å². The van der Waals surface area contributed by atoms with Crippen molar-refractivity contribution in [2.24, 2.45) is 28.6 Å². The van der Waals surface area contributed by atoms with Crippen LogP contribution in [-0.2, 0) is 52.2 Å². The Morgan fingerprint density at radius 3 is 2.21 bits per heavy atom. The molecule has 0 amide bonds. The van der Waals surface area contributed by atoms with E-state index in [2.05, 4.69) is 6.92 Å². The number of aliphatic hydroxyl groups excluding tert-OH is 2. The van der Waals surface area contributed by atoms with Gasteiger partial charge in [-0.1, -0.05) is 32.0 Å². The fraction of sp³-hybridized carbons (Fsp3) is 0.795. The number of carbonyl (C=O) groups excluding carboxylic acids is 3. The van der Waals surface area contributed by atoms with Crippen molar-refractivity contribution in [2.75, 3.05) is 14.2 Å². The molecule has 4 saturated carbocycles. The van der Waals surface area contributed by atoms with Crippen LogP contribution in [-0.4, -0.2) is 127 Å². The number of benzene rings is 1. The van der Waals surface area contributed by atoms with E-state index in [0.717, 1.165) is 25.7 Å². The Kier molecular flexibility index (Phi) is 11.2. The lowest BCUT2D eigenvalue weighted by Crippen LogP contribution is -2.70. The van der Waals surface area contributed by atoms with Crippen LogP contribution in [0, 0.1) is 28.6 Å². The highest BCUT2D eigenvalue weighted by molar-refractivity contribution is 5.89. The van der Waals surface area contributed by atoms with Crippen molar-refractivity contribution in [1.29, 1.82) is 0 Å². The zero-order valence-electron chi connectivity index (χ0n) is 35.0. The van der Waals surface area contributed by atoms with E-state index < -0.39 is 102 Å². The minimum atomic E-state index is -1.22. The SMILES string of the molecule is CO[C@H]1[C@@H](O)[C@H](O[C@@H]2[C@@H](C)O[C@@H](O[C@H]3CC[C@@]4(C)[C@@H](CC[C@@]56O[C@@]57CC[C@H](C(C)=O)[C@@]7(C)[C@H](OC(C)=O)[C@@H](OC(=O)c5ccccc5)[C@H]46)C3)C[C@H]2OC)O[C@H](C)[C@H]1O. The number of hydrogen-bond acceptors (Lipinski definition) is 14. The van der Waals surface area contributed by atoms with Crippen LogP contribution in [0.1, 0.15) is 103 Å². The van der Waals surface area contributed by atoms with Gasteiger partial charge in [-0.15, -0.1) is 0 Å². The van der Waals surface area contributed by atoms with Crippen LogP contribution in [0.2, 0.25) is 0 Å². The van der Waals surface area contributed by atoms with Gasteiger partial charge in [0.1, 0.15) is 53.6 Å². The van der Waals surface area contributed by atoms with E-state index in [4.69, 9.17) is 42.6 Å². The molecule has 0 aromatic heterocycles. The van der Waals surface area contributed by atoms with Crippen LogP contribution in [0.25, 0.3) is 0 Å². The topological polar surface area (TPSA) is 178 Å². The number of aliphatic hydroxyl groups is 2. The van der Waals surface area contributed by atoms with Crippen LogP contribution >= 0.6 is 0 Å². The fourth-order valence-corrected chi connectivity index (χ4v) is 13.1. The number of esters is 2. The molecule has 7 aliphatic rings. The molecule has 14 heteroatoms. The molecule has 3 heterocycles. The number of hydrogen-bond donors (Lipinski definition) is 2. The maximum absolute atomic E-state index is 14.0.